The van der Waals surface area contributed by atoms with Gasteiger partial charge in [0.15, 0.2) is 11.5 Å². The minimum Gasteiger partial charge on any atom is -0.493 e. The second-order valence-electron chi connectivity index (χ2n) is 6.72. The Hall–Kier alpha value is -2.74. The highest BCUT2D eigenvalue weighted by Crippen LogP contribution is 2.29. The maximum atomic E-state index is 12.6. The molecule has 0 radical (unpaired) electrons. The number of sulfonamides is 1. The monoisotopic (exact) mass is 404 g/mol. The zero-order chi connectivity index (χ0) is 20.3. The molecule has 1 aliphatic heterocycles. The Kier molecular flexibility index (Phi) is 5.79. The number of ether oxygens (including phenoxy) is 2. The fourth-order valence-electron chi connectivity index (χ4n) is 3.29. The van der Waals surface area contributed by atoms with E-state index < -0.39 is 10.0 Å². The maximum absolute atomic E-state index is 12.6. The van der Waals surface area contributed by atoms with Crippen molar-refractivity contribution in [3.63, 3.8) is 0 Å². The highest BCUT2D eigenvalue weighted by Gasteiger charge is 2.20. The molecule has 1 amide bonds. The van der Waals surface area contributed by atoms with Crippen molar-refractivity contribution in [1.29, 1.82) is 0 Å². The SMILES string of the molecule is COc1ccc(CS(=O)(=O)Nc2ccc3c(c2)CN(C(C)=O)CC3)cc1OC. The Morgan fingerprint density at radius 3 is 2.50 bits per heavy atom. The van der Waals surface area contributed by atoms with Crippen molar-refractivity contribution in [3.05, 3.63) is 53.1 Å². The van der Waals surface area contributed by atoms with Crippen LogP contribution in [0.3, 0.4) is 0 Å². The second-order valence-corrected chi connectivity index (χ2v) is 8.45. The Morgan fingerprint density at radius 2 is 1.82 bits per heavy atom. The lowest BCUT2D eigenvalue weighted by molar-refractivity contribution is -0.129. The number of nitrogens with zero attached hydrogens (tertiary/aromatic N) is 1. The van der Waals surface area contributed by atoms with E-state index in [0.717, 1.165) is 17.5 Å². The van der Waals surface area contributed by atoms with Crippen LogP contribution in [0.2, 0.25) is 0 Å². The third kappa shape index (κ3) is 4.56. The molecule has 0 saturated carbocycles. The normalized spacial score (nSPS) is 13.6. The first-order valence-corrected chi connectivity index (χ1v) is 10.6. The lowest BCUT2D eigenvalue weighted by atomic mass is 9.99. The number of hydrogen-bond donors (Lipinski definition) is 1. The van der Waals surface area contributed by atoms with Crippen molar-refractivity contribution in [2.24, 2.45) is 0 Å². The fourth-order valence-corrected chi connectivity index (χ4v) is 4.47. The van der Waals surface area contributed by atoms with Gasteiger partial charge in [0.1, 0.15) is 0 Å². The van der Waals surface area contributed by atoms with Gasteiger partial charge < -0.3 is 14.4 Å². The Labute approximate surface area is 165 Å². The van der Waals surface area contributed by atoms with Gasteiger partial charge >= 0.3 is 0 Å². The summed E-state index contributed by atoms with van der Waals surface area (Å²) < 4.78 is 38.3. The fraction of sp³-hybridized carbons (Fsp3) is 0.350. The van der Waals surface area contributed by atoms with E-state index in [-0.39, 0.29) is 11.7 Å². The van der Waals surface area contributed by atoms with Crippen LogP contribution in [0, 0.1) is 0 Å². The number of carbonyl (C=O) groups excluding carboxylic acids is 1. The van der Waals surface area contributed by atoms with Gasteiger partial charge in [0.05, 0.1) is 20.0 Å². The lowest BCUT2D eigenvalue weighted by Crippen LogP contribution is -2.34. The molecule has 0 unspecified atom stereocenters. The van der Waals surface area contributed by atoms with Crippen LogP contribution in [0.5, 0.6) is 11.5 Å². The van der Waals surface area contributed by atoms with Gasteiger partial charge in [-0.3, -0.25) is 9.52 Å². The first-order valence-electron chi connectivity index (χ1n) is 8.90. The number of benzene rings is 2. The number of fused-ring (bicyclic) bond motifs is 1. The molecule has 1 N–H and O–H groups in total. The number of amides is 1. The van der Waals surface area contributed by atoms with E-state index in [9.17, 15) is 13.2 Å². The summed E-state index contributed by atoms with van der Waals surface area (Å²) in [6.45, 7) is 2.73. The summed E-state index contributed by atoms with van der Waals surface area (Å²) in [5.41, 5.74) is 3.18. The standard InChI is InChI=1S/C20H24N2O5S/c1-14(23)22-9-8-16-5-6-18(11-17(16)12-22)21-28(24,25)13-15-4-7-19(26-2)20(10-15)27-3/h4-7,10-11,21H,8-9,12-13H2,1-3H3. The summed E-state index contributed by atoms with van der Waals surface area (Å²) in [5, 5.41) is 0. The molecule has 150 valence electrons. The predicted molar refractivity (Wildman–Crippen MR) is 107 cm³/mol. The van der Waals surface area contributed by atoms with E-state index in [4.69, 9.17) is 9.47 Å². The molecule has 2 aromatic carbocycles. The van der Waals surface area contributed by atoms with Crippen molar-refractivity contribution >= 4 is 21.6 Å². The van der Waals surface area contributed by atoms with Crippen molar-refractivity contribution in [3.8, 4) is 11.5 Å². The molecule has 0 bridgehead atoms. The third-order valence-electron chi connectivity index (χ3n) is 4.74. The van der Waals surface area contributed by atoms with E-state index >= 15 is 0 Å². The summed E-state index contributed by atoms with van der Waals surface area (Å²) in [5.74, 6) is 0.851. The minimum absolute atomic E-state index is 0.0186. The molecule has 7 nitrogen and oxygen atoms in total. The molecule has 0 fully saturated rings. The average Bonchev–Trinajstić information content (AvgIpc) is 2.66. The molecule has 1 aliphatic rings. The molecule has 0 aromatic heterocycles. The molecule has 0 saturated heterocycles. The minimum atomic E-state index is -3.62. The highest BCUT2D eigenvalue weighted by atomic mass is 32.2. The number of anilines is 1. The van der Waals surface area contributed by atoms with E-state index in [2.05, 4.69) is 4.72 Å². The van der Waals surface area contributed by atoms with Gasteiger partial charge in [0, 0.05) is 25.7 Å². The molecule has 0 atom stereocenters. The van der Waals surface area contributed by atoms with Crippen LogP contribution in [-0.2, 0) is 33.5 Å². The smallest absolute Gasteiger partial charge is 0.236 e. The zero-order valence-corrected chi connectivity index (χ0v) is 17.0. The summed E-state index contributed by atoms with van der Waals surface area (Å²) in [4.78, 5) is 13.4. The van der Waals surface area contributed by atoms with Gasteiger partial charge in [-0.25, -0.2) is 8.42 Å². The Balaban J connectivity index is 1.76. The Bertz CT molecular complexity index is 988. The summed E-state index contributed by atoms with van der Waals surface area (Å²) in [6.07, 6.45) is 0.771. The van der Waals surface area contributed by atoms with Crippen LogP contribution in [0.15, 0.2) is 36.4 Å². The van der Waals surface area contributed by atoms with Crippen LogP contribution in [-0.4, -0.2) is 40.0 Å². The van der Waals surface area contributed by atoms with Crippen molar-refractivity contribution < 1.29 is 22.7 Å². The highest BCUT2D eigenvalue weighted by molar-refractivity contribution is 7.91. The van der Waals surface area contributed by atoms with E-state index in [1.54, 1.807) is 42.2 Å². The zero-order valence-electron chi connectivity index (χ0n) is 16.2. The topological polar surface area (TPSA) is 84.9 Å². The largest absolute Gasteiger partial charge is 0.493 e. The van der Waals surface area contributed by atoms with Crippen LogP contribution in [0.4, 0.5) is 5.69 Å². The molecule has 8 heteroatoms. The molecule has 3 rings (SSSR count). The first kappa shape index (κ1) is 20.0. The van der Waals surface area contributed by atoms with Crippen LogP contribution >= 0.6 is 0 Å². The number of rotatable bonds is 6. The van der Waals surface area contributed by atoms with Gasteiger partial charge in [0.2, 0.25) is 15.9 Å². The molecular weight excluding hydrogens is 380 g/mol. The summed E-state index contributed by atoms with van der Waals surface area (Å²) in [6, 6.07) is 10.5. The quantitative estimate of drug-likeness (QED) is 0.800. The Morgan fingerprint density at radius 1 is 1.07 bits per heavy atom. The van der Waals surface area contributed by atoms with Crippen LogP contribution in [0.1, 0.15) is 23.6 Å². The maximum Gasteiger partial charge on any atom is 0.236 e. The van der Waals surface area contributed by atoms with Crippen molar-refractivity contribution in [2.45, 2.75) is 25.6 Å². The van der Waals surface area contributed by atoms with Crippen molar-refractivity contribution in [1.82, 2.24) is 4.90 Å². The first-order chi connectivity index (χ1) is 13.3. The molecule has 0 aliphatic carbocycles. The number of carbonyl (C=O) groups is 1. The van der Waals surface area contributed by atoms with Gasteiger partial charge in [-0.1, -0.05) is 12.1 Å². The average molecular weight is 404 g/mol. The molecule has 2 aromatic rings. The van der Waals surface area contributed by atoms with E-state index in [1.807, 2.05) is 6.07 Å². The van der Waals surface area contributed by atoms with Gasteiger partial charge in [-0.2, -0.15) is 0 Å². The lowest BCUT2D eigenvalue weighted by Gasteiger charge is -2.28. The van der Waals surface area contributed by atoms with E-state index in [1.165, 1.54) is 14.2 Å². The second kappa shape index (κ2) is 8.10. The van der Waals surface area contributed by atoms with Gasteiger partial charge in [-0.05, 0) is 47.4 Å². The predicted octanol–water partition coefficient (Wildman–Crippen LogP) is 2.55. The molecule has 0 spiro atoms. The van der Waals surface area contributed by atoms with Crippen molar-refractivity contribution in [2.75, 3.05) is 25.5 Å². The molecule has 28 heavy (non-hydrogen) atoms. The van der Waals surface area contributed by atoms with E-state index in [0.29, 0.717) is 35.8 Å². The summed E-state index contributed by atoms with van der Waals surface area (Å²) in [7, 11) is -0.583. The van der Waals surface area contributed by atoms with Crippen LogP contribution in [0.25, 0.3) is 0 Å². The molecule has 1 heterocycles. The summed E-state index contributed by atoms with van der Waals surface area (Å²) >= 11 is 0. The number of hydrogen-bond acceptors (Lipinski definition) is 5. The van der Waals surface area contributed by atoms with Gasteiger partial charge in [0.25, 0.3) is 0 Å². The molecular formula is C20H24N2O5S. The van der Waals surface area contributed by atoms with Crippen LogP contribution < -0.4 is 14.2 Å². The number of nitrogens with one attached hydrogen (secondary N) is 1. The van der Waals surface area contributed by atoms with Gasteiger partial charge in [-0.15, -0.1) is 0 Å². The number of methoxy groups -OCH3 is 2. The third-order valence-corrected chi connectivity index (χ3v) is 6.00.